The highest BCUT2D eigenvalue weighted by molar-refractivity contribution is 6.07. The Bertz CT molecular complexity index is 1210. The zero-order chi connectivity index (χ0) is 21.5. The Morgan fingerprint density at radius 1 is 1.23 bits per heavy atom. The van der Waals surface area contributed by atoms with Gasteiger partial charge in [0.1, 0.15) is 28.3 Å². The first-order valence-electron chi connectivity index (χ1n) is 9.80. The van der Waals surface area contributed by atoms with Gasteiger partial charge in [-0.25, -0.2) is 14.8 Å². The second kappa shape index (κ2) is 8.25. The van der Waals surface area contributed by atoms with Crippen molar-refractivity contribution in [3.63, 3.8) is 0 Å². The smallest absolute Gasteiger partial charge is 0.410 e. The minimum atomic E-state index is -0.560. The molecule has 0 atom stereocenters. The van der Waals surface area contributed by atoms with E-state index in [4.69, 9.17) is 15.5 Å². The van der Waals surface area contributed by atoms with Gasteiger partial charge in [0.2, 0.25) is 0 Å². The van der Waals surface area contributed by atoms with Crippen LogP contribution in [0.4, 0.5) is 10.6 Å². The number of fused-ring (bicyclic) bond motifs is 3. The summed E-state index contributed by atoms with van der Waals surface area (Å²) >= 11 is 0. The number of H-pyrrole nitrogens is 2. The summed E-state index contributed by atoms with van der Waals surface area (Å²) in [7, 11) is 0. The Kier molecular flexibility index (Phi) is 5.88. The van der Waals surface area contributed by atoms with Gasteiger partial charge in [0, 0.05) is 23.7 Å². The van der Waals surface area contributed by atoms with E-state index in [9.17, 15) is 4.79 Å². The number of nitrogen functional groups attached to an aromatic ring is 1. The number of amides is 1. The molecule has 0 aliphatic heterocycles. The van der Waals surface area contributed by atoms with Gasteiger partial charge < -0.3 is 20.4 Å². The summed E-state index contributed by atoms with van der Waals surface area (Å²) in [5, 5.41) is 7.82. The number of nitrogens with two attached hydrogens (primary N) is 1. The van der Waals surface area contributed by atoms with E-state index in [-0.39, 0.29) is 20.1 Å². The quantitative estimate of drug-likeness (QED) is 0.444. The Morgan fingerprint density at radius 3 is 2.65 bits per heavy atom. The van der Waals surface area contributed by atoms with Crippen LogP contribution in [-0.4, -0.2) is 48.3 Å². The largest absolute Gasteiger partial charge is 0.444 e. The van der Waals surface area contributed by atoms with Crippen LogP contribution in [0.3, 0.4) is 0 Å². The predicted octanol–water partition coefficient (Wildman–Crippen LogP) is 4.48. The third kappa shape index (κ3) is 4.45. The molecule has 0 saturated carbocycles. The predicted molar refractivity (Wildman–Crippen MR) is 122 cm³/mol. The van der Waals surface area contributed by atoms with Crippen LogP contribution < -0.4 is 5.73 Å². The molecule has 31 heavy (non-hydrogen) atoms. The molecule has 0 fully saturated rings. The van der Waals surface area contributed by atoms with Crippen molar-refractivity contribution in [1.82, 2.24) is 30.0 Å². The Balaban J connectivity index is 0.00000272. The summed E-state index contributed by atoms with van der Waals surface area (Å²) in [5.41, 5.74) is 9.63. The molecule has 1 aromatic carbocycles. The highest BCUT2D eigenvalue weighted by Gasteiger charge is 2.22. The second-order valence-electron chi connectivity index (χ2n) is 8.10. The highest BCUT2D eigenvalue weighted by Crippen LogP contribution is 2.29. The van der Waals surface area contributed by atoms with Crippen molar-refractivity contribution in [3.05, 3.63) is 36.3 Å². The van der Waals surface area contributed by atoms with Crippen LogP contribution in [0.5, 0.6) is 0 Å². The molecule has 0 spiro atoms. The molecule has 0 saturated heterocycles. The second-order valence-corrected chi connectivity index (χ2v) is 8.10. The molecule has 164 valence electrons. The molecule has 4 rings (SSSR count). The fraction of sp³-hybridized carbons (Fsp3) is 0.364. The van der Waals surface area contributed by atoms with Gasteiger partial charge in [-0.1, -0.05) is 13.5 Å². The highest BCUT2D eigenvalue weighted by atomic mass is 16.6. The number of aromatic amines is 2. The molecule has 0 aliphatic rings. The molecule has 3 heterocycles. The fourth-order valence-electron chi connectivity index (χ4n) is 3.28. The first-order chi connectivity index (χ1) is 14.2. The number of hydrogen-bond donors (Lipinski definition) is 3. The normalized spacial score (nSPS) is 11.5. The summed E-state index contributed by atoms with van der Waals surface area (Å²) in [6.45, 7) is 8.21. The number of nitrogens with zero attached hydrogens (tertiary/aromatic N) is 4. The molecular weight excluding hydrogens is 394 g/mol. The molecule has 1 amide bonds. The van der Waals surface area contributed by atoms with Crippen LogP contribution in [0.2, 0.25) is 0 Å². The molecular formula is C22H29N7O2. The Labute approximate surface area is 181 Å². The third-order valence-corrected chi connectivity index (χ3v) is 4.69. The number of pyridine rings is 1. The number of anilines is 1. The van der Waals surface area contributed by atoms with E-state index in [0.29, 0.717) is 23.7 Å². The molecule has 9 heteroatoms. The van der Waals surface area contributed by atoms with Crippen molar-refractivity contribution < 1.29 is 9.53 Å². The van der Waals surface area contributed by atoms with Gasteiger partial charge in [0.15, 0.2) is 0 Å². The maximum Gasteiger partial charge on any atom is 0.410 e. The van der Waals surface area contributed by atoms with Gasteiger partial charge in [-0.15, -0.1) is 0 Å². The van der Waals surface area contributed by atoms with Gasteiger partial charge in [-0.2, -0.15) is 5.10 Å². The Morgan fingerprint density at radius 2 is 2.00 bits per heavy atom. The lowest BCUT2D eigenvalue weighted by Crippen LogP contribution is -2.36. The first kappa shape index (κ1) is 22.1. The van der Waals surface area contributed by atoms with Crippen LogP contribution in [0.25, 0.3) is 33.2 Å². The lowest BCUT2D eigenvalue weighted by molar-refractivity contribution is 0.0240. The van der Waals surface area contributed by atoms with Gasteiger partial charge in [-0.05, 0) is 45.9 Å². The number of carbonyl (C=O) groups is 1. The fourth-order valence-corrected chi connectivity index (χ4v) is 3.28. The number of benzene rings is 1. The topological polar surface area (TPSA) is 126 Å². The number of ether oxygens (including phenoxy) is 1. The van der Waals surface area contributed by atoms with Gasteiger partial charge in [0.25, 0.3) is 0 Å². The van der Waals surface area contributed by atoms with Crippen molar-refractivity contribution in [2.75, 3.05) is 12.3 Å². The number of hydrogen-bond acceptors (Lipinski definition) is 6. The molecule has 0 aliphatic carbocycles. The summed E-state index contributed by atoms with van der Waals surface area (Å²) in [5.74, 6) is 0.981. The summed E-state index contributed by atoms with van der Waals surface area (Å²) < 4.78 is 5.48. The first-order valence-corrected chi connectivity index (χ1v) is 9.80. The molecule has 0 unspecified atom stereocenters. The minimum Gasteiger partial charge on any atom is -0.444 e. The van der Waals surface area contributed by atoms with Crippen LogP contribution in [-0.2, 0) is 11.3 Å². The van der Waals surface area contributed by atoms with Crippen molar-refractivity contribution in [1.29, 1.82) is 0 Å². The minimum absolute atomic E-state index is 0. The van der Waals surface area contributed by atoms with Crippen LogP contribution in [0.1, 0.15) is 40.9 Å². The lowest BCUT2D eigenvalue weighted by atomic mass is 10.1. The Hall–Kier alpha value is -3.62. The zero-order valence-electron chi connectivity index (χ0n) is 17.5. The molecule has 0 bridgehead atoms. The van der Waals surface area contributed by atoms with Crippen molar-refractivity contribution in [3.8, 4) is 11.3 Å². The zero-order valence-corrected chi connectivity index (χ0v) is 17.5. The number of imidazole rings is 1. The monoisotopic (exact) mass is 423 g/mol. The molecule has 9 nitrogen and oxygen atoms in total. The van der Waals surface area contributed by atoms with E-state index in [2.05, 4.69) is 20.2 Å². The van der Waals surface area contributed by atoms with E-state index < -0.39 is 5.60 Å². The van der Waals surface area contributed by atoms with Gasteiger partial charge in [-0.3, -0.25) is 5.10 Å². The SMILES string of the molecule is C.CCN(Cc1nc2c([nH]1)c(N)nc1cc(-c3ccn[nH]3)ccc12)C(=O)OC(C)(C)C. The molecule has 0 radical (unpaired) electrons. The summed E-state index contributed by atoms with van der Waals surface area (Å²) in [4.78, 5) is 26.5. The van der Waals surface area contributed by atoms with Crippen molar-refractivity contribution in [2.45, 2.75) is 47.3 Å². The van der Waals surface area contributed by atoms with E-state index in [1.54, 1.807) is 11.1 Å². The van der Waals surface area contributed by atoms with Crippen molar-refractivity contribution >= 4 is 33.8 Å². The average Bonchev–Trinajstić information content (AvgIpc) is 3.34. The standard InChI is InChI=1S/C21H25N7O2.CH4/c1-5-28(20(29)30-21(2,3)4)11-16-25-17-13-7-6-12(14-8-9-23-27-14)10-15(13)24-19(22)18(17)26-16;/h6-10H,5,11H2,1-4H3,(H2,22,24)(H,23,27)(H,25,26);1H4. The van der Waals surface area contributed by atoms with E-state index in [1.807, 2.05) is 52.0 Å². The summed E-state index contributed by atoms with van der Waals surface area (Å²) in [6, 6.07) is 7.80. The average molecular weight is 424 g/mol. The maximum absolute atomic E-state index is 12.5. The number of aromatic nitrogens is 5. The van der Waals surface area contributed by atoms with Gasteiger partial charge in [0.05, 0.1) is 17.8 Å². The summed E-state index contributed by atoms with van der Waals surface area (Å²) in [6.07, 6.45) is 1.32. The van der Waals surface area contributed by atoms with E-state index in [0.717, 1.165) is 27.7 Å². The number of carbonyl (C=O) groups excluding carboxylic acids is 1. The maximum atomic E-state index is 12.5. The van der Waals surface area contributed by atoms with Crippen LogP contribution >= 0.6 is 0 Å². The molecule has 4 aromatic rings. The number of nitrogens with one attached hydrogen (secondary N) is 2. The molecule has 4 N–H and O–H groups in total. The van der Waals surface area contributed by atoms with Crippen LogP contribution in [0, 0.1) is 0 Å². The van der Waals surface area contributed by atoms with E-state index in [1.165, 1.54) is 0 Å². The van der Waals surface area contributed by atoms with Crippen LogP contribution in [0.15, 0.2) is 30.5 Å². The van der Waals surface area contributed by atoms with E-state index >= 15 is 0 Å². The number of rotatable bonds is 4. The van der Waals surface area contributed by atoms with Crippen molar-refractivity contribution in [2.24, 2.45) is 0 Å². The van der Waals surface area contributed by atoms with Gasteiger partial charge >= 0.3 is 6.09 Å². The molecule has 3 aromatic heterocycles. The third-order valence-electron chi connectivity index (χ3n) is 4.69. The lowest BCUT2D eigenvalue weighted by Gasteiger charge is -2.25.